The van der Waals surface area contributed by atoms with E-state index in [0.29, 0.717) is 0 Å². The van der Waals surface area contributed by atoms with Crippen molar-refractivity contribution in [2.75, 3.05) is 0 Å². The Morgan fingerprint density at radius 2 is 1.79 bits per heavy atom. The molecule has 0 unspecified atom stereocenters. The molecule has 0 aliphatic carbocycles. The van der Waals surface area contributed by atoms with Crippen molar-refractivity contribution in [1.29, 1.82) is 0 Å². The summed E-state index contributed by atoms with van der Waals surface area (Å²) in [4.78, 5) is 10.7. The first-order valence-electron chi connectivity index (χ1n) is 3.67. The number of benzene rings is 1. The Bertz CT molecular complexity index is 560. The summed E-state index contributed by atoms with van der Waals surface area (Å²) >= 11 is 0. The van der Waals surface area contributed by atoms with Crippen LogP contribution in [-0.4, -0.2) is 0 Å². The van der Waals surface area contributed by atoms with E-state index >= 15 is 0 Å². The highest BCUT2D eigenvalue weighted by Gasteiger charge is 2.16. The molecule has 2 nitrogen and oxygen atoms in total. The standard InChI is InChI=1S/C9H3F3O2/c10-4-2-1-3-5-6(4)7(11)8(12)9(13)14-5/h1-3H. The van der Waals surface area contributed by atoms with E-state index in [-0.39, 0.29) is 5.58 Å². The van der Waals surface area contributed by atoms with E-state index in [1.165, 1.54) is 12.1 Å². The van der Waals surface area contributed by atoms with Gasteiger partial charge in [0.05, 0.1) is 5.39 Å². The van der Waals surface area contributed by atoms with Crippen LogP contribution >= 0.6 is 0 Å². The second-order valence-electron chi connectivity index (χ2n) is 2.63. The van der Waals surface area contributed by atoms with E-state index < -0.39 is 28.5 Å². The van der Waals surface area contributed by atoms with Crippen molar-refractivity contribution in [3.05, 3.63) is 46.1 Å². The molecular formula is C9H3F3O2. The lowest BCUT2D eigenvalue weighted by molar-refractivity contribution is 0.434. The van der Waals surface area contributed by atoms with E-state index in [0.717, 1.165) is 6.07 Å². The number of rotatable bonds is 0. The highest BCUT2D eigenvalue weighted by atomic mass is 19.2. The molecule has 0 saturated carbocycles. The van der Waals surface area contributed by atoms with E-state index in [1.807, 2.05) is 0 Å². The molecule has 0 aliphatic heterocycles. The van der Waals surface area contributed by atoms with Crippen molar-refractivity contribution < 1.29 is 17.6 Å². The van der Waals surface area contributed by atoms with Crippen molar-refractivity contribution >= 4 is 11.0 Å². The summed E-state index contributed by atoms with van der Waals surface area (Å²) in [5.41, 5.74) is -1.76. The molecule has 0 saturated heterocycles. The molecule has 14 heavy (non-hydrogen) atoms. The van der Waals surface area contributed by atoms with Gasteiger partial charge in [0.2, 0.25) is 5.82 Å². The van der Waals surface area contributed by atoms with Gasteiger partial charge in [0, 0.05) is 0 Å². The Hall–Kier alpha value is -1.78. The monoisotopic (exact) mass is 200 g/mol. The van der Waals surface area contributed by atoms with Crippen LogP contribution in [0.15, 0.2) is 27.4 Å². The fourth-order valence-corrected chi connectivity index (χ4v) is 1.15. The van der Waals surface area contributed by atoms with Crippen LogP contribution in [0.4, 0.5) is 13.2 Å². The zero-order valence-electron chi connectivity index (χ0n) is 6.68. The second-order valence-corrected chi connectivity index (χ2v) is 2.63. The lowest BCUT2D eigenvalue weighted by atomic mass is 10.2. The van der Waals surface area contributed by atoms with Crippen molar-refractivity contribution in [3.8, 4) is 0 Å². The predicted molar refractivity (Wildman–Crippen MR) is 42.4 cm³/mol. The first-order valence-corrected chi connectivity index (χ1v) is 3.67. The van der Waals surface area contributed by atoms with Gasteiger partial charge in [-0.25, -0.2) is 13.6 Å². The fraction of sp³-hybridized carbons (Fsp3) is 0. The van der Waals surface area contributed by atoms with Gasteiger partial charge in [0.1, 0.15) is 11.4 Å². The fourth-order valence-electron chi connectivity index (χ4n) is 1.15. The molecule has 72 valence electrons. The van der Waals surface area contributed by atoms with Gasteiger partial charge < -0.3 is 4.42 Å². The van der Waals surface area contributed by atoms with E-state index in [9.17, 15) is 18.0 Å². The molecule has 0 aliphatic rings. The molecule has 0 bridgehead atoms. The van der Waals surface area contributed by atoms with E-state index in [1.54, 1.807) is 0 Å². The zero-order chi connectivity index (χ0) is 10.3. The molecule has 0 atom stereocenters. The first kappa shape index (κ1) is 8.80. The maximum absolute atomic E-state index is 13.0. The Morgan fingerprint density at radius 1 is 1.07 bits per heavy atom. The zero-order valence-corrected chi connectivity index (χ0v) is 6.68. The second kappa shape index (κ2) is 2.87. The van der Waals surface area contributed by atoms with Crippen molar-refractivity contribution in [1.82, 2.24) is 0 Å². The molecule has 2 aromatic rings. The highest BCUT2D eigenvalue weighted by Crippen LogP contribution is 2.20. The molecule has 1 heterocycles. The SMILES string of the molecule is O=c1oc2cccc(F)c2c(F)c1F. The average molecular weight is 200 g/mol. The minimum atomic E-state index is -1.71. The van der Waals surface area contributed by atoms with Crippen LogP contribution in [-0.2, 0) is 0 Å². The minimum Gasteiger partial charge on any atom is -0.420 e. The van der Waals surface area contributed by atoms with Crippen molar-refractivity contribution in [2.45, 2.75) is 0 Å². The Labute approximate surface area is 75.6 Å². The van der Waals surface area contributed by atoms with Crippen LogP contribution in [0.25, 0.3) is 11.0 Å². The van der Waals surface area contributed by atoms with Gasteiger partial charge in [-0.05, 0) is 12.1 Å². The smallest absolute Gasteiger partial charge is 0.375 e. The summed E-state index contributed by atoms with van der Waals surface area (Å²) < 4.78 is 43.1. The van der Waals surface area contributed by atoms with Gasteiger partial charge in [-0.15, -0.1) is 0 Å². The van der Waals surface area contributed by atoms with Crippen LogP contribution in [0, 0.1) is 17.5 Å². The molecule has 1 aromatic carbocycles. The summed E-state index contributed by atoms with van der Waals surface area (Å²) in [6.45, 7) is 0. The lowest BCUT2D eigenvalue weighted by Gasteiger charge is -1.99. The van der Waals surface area contributed by atoms with Crippen molar-refractivity contribution in [3.63, 3.8) is 0 Å². The predicted octanol–water partition coefficient (Wildman–Crippen LogP) is 2.21. The topological polar surface area (TPSA) is 30.2 Å². The summed E-state index contributed by atoms with van der Waals surface area (Å²) in [5, 5.41) is -0.649. The Kier molecular flexibility index (Phi) is 1.80. The third-order valence-corrected chi connectivity index (χ3v) is 1.77. The lowest BCUT2D eigenvalue weighted by Crippen LogP contribution is -2.08. The van der Waals surface area contributed by atoms with Gasteiger partial charge in [-0.2, -0.15) is 4.39 Å². The van der Waals surface area contributed by atoms with Crippen LogP contribution < -0.4 is 5.63 Å². The number of hydrogen-bond acceptors (Lipinski definition) is 2. The minimum absolute atomic E-state index is 0.311. The summed E-state index contributed by atoms with van der Waals surface area (Å²) in [6.07, 6.45) is 0. The maximum Gasteiger partial charge on any atom is 0.375 e. The third-order valence-electron chi connectivity index (χ3n) is 1.77. The van der Waals surface area contributed by atoms with Crippen molar-refractivity contribution in [2.24, 2.45) is 0 Å². The molecular weight excluding hydrogens is 197 g/mol. The largest absolute Gasteiger partial charge is 0.420 e. The van der Waals surface area contributed by atoms with Gasteiger partial charge in [0.25, 0.3) is 0 Å². The van der Waals surface area contributed by atoms with Gasteiger partial charge in [-0.1, -0.05) is 6.07 Å². The quantitative estimate of drug-likeness (QED) is 0.610. The number of hydrogen-bond donors (Lipinski definition) is 0. The molecule has 0 spiro atoms. The van der Waals surface area contributed by atoms with Gasteiger partial charge in [0.15, 0.2) is 5.82 Å². The maximum atomic E-state index is 13.0. The van der Waals surface area contributed by atoms with E-state index in [4.69, 9.17) is 0 Å². The molecule has 0 fully saturated rings. The third kappa shape index (κ3) is 1.09. The number of halogens is 3. The Balaban J connectivity index is 3.07. The average Bonchev–Trinajstić information content (AvgIpc) is 2.14. The van der Waals surface area contributed by atoms with Crippen LogP contribution in [0.2, 0.25) is 0 Å². The molecule has 2 rings (SSSR count). The first-order chi connectivity index (χ1) is 6.61. The molecule has 0 N–H and O–H groups in total. The molecule has 0 radical (unpaired) electrons. The Morgan fingerprint density at radius 3 is 2.50 bits per heavy atom. The van der Waals surface area contributed by atoms with Gasteiger partial charge in [-0.3, -0.25) is 0 Å². The summed E-state index contributed by atoms with van der Waals surface area (Å²) in [5.74, 6) is -4.19. The van der Waals surface area contributed by atoms with Crippen LogP contribution in [0.5, 0.6) is 0 Å². The summed E-state index contributed by atoms with van der Waals surface area (Å²) in [6, 6.07) is 3.37. The summed E-state index contributed by atoms with van der Waals surface area (Å²) in [7, 11) is 0. The molecule has 0 amide bonds. The molecule has 5 heteroatoms. The van der Waals surface area contributed by atoms with Crippen LogP contribution in [0.3, 0.4) is 0 Å². The number of fused-ring (bicyclic) bond motifs is 1. The molecule has 1 aromatic heterocycles. The van der Waals surface area contributed by atoms with Gasteiger partial charge >= 0.3 is 5.63 Å². The van der Waals surface area contributed by atoms with Crippen LogP contribution in [0.1, 0.15) is 0 Å². The highest BCUT2D eigenvalue weighted by molar-refractivity contribution is 5.77. The normalized spacial score (nSPS) is 10.8. The van der Waals surface area contributed by atoms with E-state index in [2.05, 4.69) is 4.42 Å².